The van der Waals surface area contributed by atoms with E-state index >= 15 is 0 Å². The zero-order valence-electron chi connectivity index (χ0n) is 10.4. The molecule has 2 rings (SSSR count). The van der Waals surface area contributed by atoms with Crippen molar-refractivity contribution in [2.45, 2.75) is 25.8 Å². The first kappa shape index (κ1) is 11.4. The number of nitrogens with one attached hydrogen (secondary N) is 3. The van der Waals surface area contributed by atoms with Crippen LogP contribution in [0.25, 0.3) is 0 Å². The molecule has 0 unspecified atom stereocenters. The van der Waals surface area contributed by atoms with Crippen LogP contribution in [-0.2, 0) is 0 Å². The van der Waals surface area contributed by atoms with Gasteiger partial charge in [-0.2, -0.15) is 0 Å². The second kappa shape index (κ2) is 5.28. The molecule has 3 heteroatoms. The van der Waals surface area contributed by atoms with Gasteiger partial charge in [0.25, 0.3) is 0 Å². The number of piperazine rings is 1. The Morgan fingerprint density at radius 1 is 0.933 bits per heavy atom. The van der Waals surface area contributed by atoms with Crippen molar-refractivity contribution < 1.29 is 14.7 Å². The SMILES string of the molecule is CC[NH+]1CC[NH+](C2CC[NH+](C)CC2)CC1. The lowest BCUT2D eigenvalue weighted by Gasteiger charge is -2.36. The van der Waals surface area contributed by atoms with Crippen molar-refractivity contribution in [3.05, 3.63) is 0 Å². The molecule has 0 radical (unpaired) electrons. The number of rotatable bonds is 2. The smallest absolute Gasteiger partial charge is 0.127 e. The molecule has 3 nitrogen and oxygen atoms in total. The predicted molar refractivity (Wildman–Crippen MR) is 61.6 cm³/mol. The standard InChI is InChI=1S/C12H25N3/c1-3-14-8-10-15(11-9-14)12-4-6-13(2)7-5-12/h12H,3-11H2,1-2H3/p+3. The van der Waals surface area contributed by atoms with Crippen molar-refractivity contribution in [1.82, 2.24) is 0 Å². The Kier molecular flexibility index (Phi) is 4.00. The van der Waals surface area contributed by atoms with Gasteiger partial charge in [0.15, 0.2) is 0 Å². The van der Waals surface area contributed by atoms with E-state index in [4.69, 9.17) is 0 Å². The average molecular weight is 214 g/mol. The highest BCUT2D eigenvalue weighted by Gasteiger charge is 2.31. The van der Waals surface area contributed by atoms with E-state index in [-0.39, 0.29) is 0 Å². The molecule has 0 saturated carbocycles. The molecule has 0 atom stereocenters. The fourth-order valence-corrected chi connectivity index (χ4v) is 3.21. The highest BCUT2D eigenvalue weighted by Crippen LogP contribution is 1.94. The molecule has 0 aromatic heterocycles. The summed E-state index contributed by atoms with van der Waals surface area (Å²) in [5, 5.41) is 0. The molecule has 0 amide bonds. The van der Waals surface area contributed by atoms with Gasteiger partial charge >= 0.3 is 0 Å². The van der Waals surface area contributed by atoms with Gasteiger partial charge in [-0.3, -0.25) is 0 Å². The summed E-state index contributed by atoms with van der Waals surface area (Å²) in [5.41, 5.74) is 0. The molecule has 15 heavy (non-hydrogen) atoms. The first-order valence-corrected chi connectivity index (χ1v) is 6.79. The summed E-state index contributed by atoms with van der Waals surface area (Å²) >= 11 is 0. The number of hydrogen-bond acceptors (Lipinski definition) is 0. The molecular formula is C12H28N3+3. The zero-order chi connectivity index (χ0) is 10.7. The highest BCUT2D eigenvalue weighted by molar-refractivity contribution is 4.60. The molecule has 2 aliphatic rings. The van der Waals surface area contributed by atoms with E-state index in [1.54, 1.807) is 4.90 Å². The second-order valence-electron chi connectivity index (χ2n) is 5.49. The molecule has 2 aliphatic heterocycles. The van der Waals surface area contributed by atoms with E-state index in [9.17, 15) is 0 Å². The zero-order valence-corrected chi connectivity index (χ0v) is 10.4. The van der Waals surface area contributed by atoms with E-state index in [1.165, 1.54) is 58.7 Å². The Balaban J connectivity index is 1.75. The number of hydrogen-bond donors (Lipinski definition) is 3. The third-order valence-electron chi connectivity index (χ3n) is 4.52. The van der Waals surface area contributed by atoms with Crippen LogP contribution in [0.15, 0.2) is 0 Å². The first-order chi connectivity index (χ1) is 7.29. The number of likely N-dealkylation sites (tertiary alicyclic amines) is 1. The van der Waals surface area contributed by atoms with E-state index in [0.29, 0.717) is 0 Å². The van der Waals surface area contributed by atoms with Gasteiger partial charge in [-0.25, -0.2) is 0 Å². The Labute approximate surface area is 94.0 Å². The summed E-state index contributed by atoms with van der Waals surface area (Å²) in [6.45, 7) is 12.1. The lowest BCUT2D eigenvalue weighted by Crippen LogP contribution is -3.30. The average Bonchev–Trinajstić information content (AvgIpc) is 2.30. The Hall–Kier alpha value is -0.120. The molecule has 0 bridgehead atoms. The third kappa shape index (κ3) is 2.92. The summed E-state index contributed by atoms with van der Waals surface area (Å²) in [7, 11) is 2.34. The van der Waals surface area contributed by atoms with Gasteiger partial charge in [0.2, 0.25) is 0 Å². The quantitative estimate of drug-likeness (QED) is 0.422. The molecule has 88 valence electrons. The molecule has 0 aromatic carbocycles. The molecular weight excluding hydrogens is 186 g/mol. The molecule has 2 saturated heterocycles. The highest BCUT2D eigenvalue weighted by atomic mass is 15.3. The molecule has 2 fully saturated rings. The van der Waals surface area contributed by atoms with Crippen LogP contribution in [0.4, 0.5) is 0 Å². The fraction of sp³-hybridized carbons (Fsp3) is 1.00. The van der Waals surface area contributed by atoms with Crippen molar-refractivity contribution in [1.29, 1.82) is 0 Å². The molecule has 0 aromatic rings. The van der Waals surface area contributed by atoms with E-state index in [0.717, 1.165) is 6.04 Å². The maximum absolute atomic E-state index is 2.34. The minimum atomic E-state index is 0.993. The van der Waals surface area contributed by atoms with Crippen molar-refractivity contribution >= 4 is 0 Å². The predicted octanol–water partition coefficient (Wildman–Crippen LogP) is -3.53. The molecule has 3 N–H and O–H groups in total. The summed E-state index contributed by atoms with van der Waals surface area (Å²) in [5.74, 6) is 0. The lowest BCUT2D eigenvalue weighted by molar-refractivity contribution is -1.03. The van der Waals surface area contributed by atoms with E-state index in [1.807, 2.05) is 9.80 Å². The minimum absolute atomic E-state index is 0.993. The minimum Gasteiger partial charge on any atom is -0.337 e. The van der Waals surface area contributed by atoms with Gasteiger partial charge < -0.3 is 14.7 Å². The lowest BCUT2D eigenvalue weighted by atomic mass is 10.0. The van der Waals surface area contributed by atoms with Crippen LogP contribution in [0.5, 0.6) is 0 Å². The van der Waals surface area contributed by atoms with Gasteiger partial charge in [0, 0.05) is 12.8 Å². The Morgan fingerprint density at radius 2 is 1.53 bits per heavy atom. The van der Waals surface area contributed by atoms with Crippen LogP contribution in [0, 0.1) is 0 Å². The first-order valence-electron chi connectivity index (χ1n) is 6.79. The van der Waals surface area contributed by atoms with E-state index < -0.39 is 0 Å². The van der Waals surface area contributed by atoms with Crippen LogP contribution in [0.2, 0.25) is 0 Å². The number of piperidine rings is 1. The number of quaternary nitrogens is 3. The summed E-state index contributed by atoms with van der Waals surface area (Å²) in [4.78, 5) is 5.47. The van der Waals surface area contributed by atoms with Crippen LogP contribution >= 0.6 is 0 Å². The maximum atomic E-state index is 2.34. The van der Waals surface area contributed by atoms with E-state index in [2.05, 4.69) is 14.0 Å². The molecule has 0 spiro atoms. The van der Waals surface area contributed by atoms with Crippen molar-refractivity contribution in [2.24, 2.45) is 0 Å². The van der Waals surface area contributed by atoms with Crippen molar-refractivity contribution in [3.63, 3.8) is 0 Å². The third-order valence-corrected chi connectivity index (χ3v) is 4.52. The number of likely N-dealkylation sites (N-methyl/N-ethyl adjacent to an activating group) is 1. The van der Waals surface area contributed by atoms with Crippen LogP contribution in [0.1, 0.15) is 19.8 Å². The molecule has 0 aliphatic carbocycles. The Bertz CT molecular complexity index is 179. The molecule has 2 heterocycles. The van der Waals surface area contributed by atoms with Gasteiger partial charge in [-0.05, 0) is 6.92 Å². The maximum Gasteiger partial charge on any atom is 0.127 e. The van der Waals surface area contributed by atoms with Crippen molar-refractivity contribution in [2.75, 3.05) is 52.9 Å². The van der Waals surface area contributed by atoms with Gasteiger partial charge in [-0.1, -0.05) is 0 Å². The second-order valence-corrected chi connectivity index (χ2v) is 5.49. The Morgan fingerprint density at radius 3 is 2.07 bits per heavy atom. The van der Waals surface area contributed by atoms with Gasteiger partial charge in [0.1, 0.15) is 26.2 Å². The summed E-state index contributed by atoms with van der Waals surface area (Å²) in [6.07, 6.45) is 2.92. The van der Waals surface area contributed by atoms with Crippen LogP contribution in [-0.4, -0.2) is 58.9 Å². The van der Waals surface area contributed by atoms with Crippen LogP contribution < -0.4 is 14.7 Å². The monoisotopic (exact) mass is 214 g/mol. The van der Waals surface area contributed by atoms with Crippen molar-refractivity contribution in [3.8, 4) is 0 Å². The largest absolute Gasteiger partial charge is 0.337 e. The van der Waals surface area contributed by atoms with Gasteiger partial charge in [0.05, 0.1) is 32.7 Å². The topological polar surface area (TPSA) is 13.3 Å². The van der Waals surface area contributed by atoms with Gasteiger partial charge in [-0.15, -0.1) is 0 Å². The summed E-state index contributed by atoms with van der Waals surface area (Å²) in [6, 6.07) is 0.993. The fourth-order valence-electron chi connectivity index (χ4n) is 3.21. The normalized spacial score (nSPS) is 42.8. The summed E-state index contributed by atoms with van der Waals surface area (Å²) < 4.78 is 0. The van der Waals surface area contributed by atoms with Crippen LogP contribution in [0.3, 0.4) is 0 Å².